The lowest BCUT2D eigenvalue weighted by molar-refractivity contribution is 0.400. The first-order valence-electron chi connectivity index (χ1n) is 4.32. The van der Waals surface area contributed by atoms with E-state index in [2.05, 4.69) is 0 Å². The van der Waals surface area contributed by atoms with Crippen LogP contribution in [0.25, 0.3) is 0 Å². The highest BCUT2D eigenvalue weighted by Gasteiger charge is 2.21. The van der Waals surface area contributed by atoms with Crippen molar-refractivity contribution in [2.24, 2.45) is 0 Å². The van der Waals surface area contributed by atoms with Gasteiger partial charge in [-0.3, -0.25) is 0 Å². The third-order valence-corrected chi connectivity index (χ3v) is 2.12. The second kappa shape index (κ2) is 3.98. The van der Waals surface area contributed by atoms with Crippen LogP contribution in [0.2, 0.25) is 0 Å². The third-order valence-electron chi connectivity index (χ3n) is 2.12. The molecule has 0 N–H and O–H groups in total. The molecule has 0 saturated heterocycles. The summed E-state index contributed by atoms with van der Waals surface area (Å²) in [6, 6.07) is 0. The molecule has 0 aliphatic rings. The molecular formula is C10H10F4. The molecule has 0 heterocycles. The van der Waals surface area contributed by atoms with Crippen LogP contribution in [-0.2, 0) is 6.42 Å². The highest BCUT2D eigenvalue weighted by Crippen LogP contribution is 2.24. The molecule has 0 nitrogen and oxygen atoms in total. The maximum absolute atomic E-state index is 13.1. The van der Waals surface area contributed by atoms with Gasteiger partial charge in [-0.15, -0.1) is 0 Å². The van der Waals surface area contributed by atoms with Gasteiger partial charge >= 0.3 is 0 Å². The number of hydrogen-bond donors (Lipinski definition) is 0. The Labute approximate surface area is 79.6 Å². The SMILES string of the molecule is CCCc1c(C)c(F)c(F)c(F)c1F. The summed E-state index contributed by atoms with van der Waals surface area (Å²) < 4.78 is 51.5. The molecule has 0 spiro atoms. The zero-order valence-electron chi connectivity index (χ0n) is 7.93. The van der Waals surface area contributed by atoms with E-state index < -0.39 is 23.3 Å². The summed E-state index contributed by atoms with van der Waals surface area (Å²) in [5.74, 6) is -6.04. The molecular weight excluding hydrogens is 196 g/mol. The van der Waals surface area contributed by atoms with Crippen molar-refractivity contribution in [2.45, 2.75) is 26.7 Å². The van der Waals surface area contributed by atoms with Crippen LogP contribution in [-0.4, -0.2) is 0 Å². The predicted octanol–water partition coefficient (Wildman–Crippen LogP) is 3.50. The van der Waals surface area contributed by atoms with E-state index >= 15 is 0 Å². The molecule has 0 unspecified atom stereocenters. The molecule has 0 bridgehead atoms. The summed E-state index contributed by atoms with van der Waals surface area (Å²) in [7, 11) is 0. The smallest absolute Gasteiger partial charge is 0.197 e. The molecule has 1 rings (SSSR count). The fourth-order valence-electron chi connectivity index (χ4n) is 1.33. The van der Waals surface area contributed by atoms with Crippen LogP contribution in [0.4, 0.5) is 17.6 Å². The Hall–Kier alpha value is -1.06. The van der Waals surface area contributed by atoms with E-state index in [0.29, 0.717) is 6.42 Å². The fourth-order valence-corrected chi connectivity index (χ4v) is 1.33. The normalized spacial score (nSPS) is 10.7. The molecule has 78 valence electrons. The van der Waals surface area contributed by atoms with Crippen molar-refractivity contribution >= 4 is 0 Å². The third kappa shape index (κ3) is 1.61. The lowest BCUT2D eigenvalue weighted by Gasteiger charge is -2.08. The summed E-state index contributed by atoms with van der Waals surface area (Å²) >= 11 is 0. The molecule has 0 aliphatic carbocycles. The van der Waals surface area contributed by atoms with Crippen LogP contribution < -0.4 is 0 Å². The van der Waals surface area contributed by atoms with E-state index in [-0.39, 0.29) is 17.5 Å². The van der Waals surface area contributed by atoms with Crippen molar-refractivity contribution in [2.75, 3.05) is 0 Å². The summed E-state index contributed by atoms with van der Waals surface area (Å²) in [5.41, 5.74) is -0.229. The lowest BCUT2D eigenvalue weighted by atomic mass is 10.0. The average Bonchev–Trinajstić information content (AvgIpc) is 2.19. The van der Waals surface area contributed by atoms with Gasteiger partial charge in [-0.1, -0.05) is 13.3 Å². The molecule has 0 atom stereocenters. The van der Waals surface area contributed by atoms with E-state index in [4.69, 9.17) is 0 Å². The van der Waals surface area contributed by atoms with Crippen LogP contribution in [0.1, 0.15) is 24.5 Å². The van der Waals surface area contributed by atoms with Crippen LogP contribution in [0, 0.1) is 30.2 Å². The average molecular weight is 206 g/mol. The number of rotatable bonds is 2. The number of halogens is 4. The standard InChI is InChI=1S/C10H10F4/c1-3-4-6-5(2)7(11)9(13)10(14)8(6)12/h3-4H2,1-2H3. The van der Waals surface area contributed by atoms with Crippen LogP contribution >= 0.6 is 0 Å². The second-order valence-corrected chi connectivity index (χ2v) is 3.11. The molecule has 14 heavy (non-hydrogen) atoms. The Morgan fingerprint density at radius 1 is 0.857 bits per heavy atom. The first kappa shape index (κ1) is 11.0. The lowest BCUT2D eigenvalue weighted by Crippen LogP contribution is -2.05. The monoisotopic (exact) mass is 206 g/mol. The van der Waals surface area contributed by atoms with Crippen LogP contribution in [0.3, 0.4) is 0 Å². The minimum atomic E-state index is -1.74. The Balaban J connectivity index is 3.43. The Bertz CT molecular complexity index is 329. The molecule has 4 heteroatoms. The molecule has 1 aromatic rings. The van der Waals surface area contributed by atoms with Gasteiger partial charge in [0.1, 0.15) is 0 Å². The van der Waals surface area contributed by atoms with Gasteiger partial charge in [0, 0.05) is 0 Å². The zero-order valence-corrected chi connectivity index (χ0v) is 7.93. The second-order valence-electron chi connectivity index (χ2n) is 3.11. The first-order valence-corrected chi connectivity index (χ1v) is 4.32. The minimum Gasteiger partial charge on any atom is -0.203 e. The quantitative estimate of drug-likeness (QED) is 0.394. The molecule has 0 fully saturated rings. The van der Waals surface area contributed by atoms with E-state index in [1.807, 2.05) is 0 Å². The van der Waals surface area contributed by atoms with E-state index in [9.17, 15) is 17.6 Å². The maximum Gasteiger partial charge on any atom is 0.197 e. The van der Waals surface area contributed by atoms with E-state index in [0.717, 1.165) is 0 Å². The van der Waals surface area contributed by atoms with Crippen molar-refractivity contribution in [3.8, 4) is 0 Å². The van der Waals surface area contributed by atoms with E-state index in [1.165, 1.54) is 6.92 Å². The van der Waals surface area contributed by atoms with Crippen molar-refractivity contribution in [1.29, 1.82) is 0 Å². The maximum atomic E-state index is 13.1. The van der Waals surface area contributed by atoms with Gasteiger partial charge in [0.05, 0.1) is 0 Å². The summed E-state index contributed by atoms with van der Waals surface area (Å²) in [5, 5.41) is 0. The molecule has 0 aliphatic heterocycles. The van der Waals surface area contributed by atoms with Gasteiger partial charge in [-0.05, 0) is 24.5 Å². The van der Waals surface area contributed by atoms with Crippen molar-refractivity contribution in [3.63, 3.8) is 0 Å². The largest absolute Gasteiger partial charge is 0.203 e. The van der Waals surface area contributed by atoms with Gasteiger partial charge in [-0.25, -0.2) is 17.6 Å². The van der Waals surface area contributed by atoms with Crippen LogP contribution in [0.15, 0.2) is 0 Å². The molecule has 1 aromatic carbocycles. The highest BCUT2D eigenvalue weighted by atomic mass is 19.2. The molecule has 0 aromatic heterocycles. The Morgan fingerprint density at radius 2 is 1.36 bits per heavy atom. The van der Waals surface area contributed by atoms with Gasteiger partial charge in [0.15, 0.2) is 23.3 Å². The fraction of sp³-hybridized carbons (Fsp3) is 0.400. The first-order chi connectivity index (χ1) is 6.50. The molecule has 0 radical (unpaired) electrons. The summed E-state index contributed by atoms with van der Waals surface area (Å²) in [6.07, 6.45) is 0.744. The number of benzene rings is 1. The highest BCUT2D eigenvalue weighted by molar-refractivity contribution is 5.31. The van der Waals surface area contributed by atoms with Gasteiger partial charge in [-0.2, -0.15) is 0 Å². The van der Waals surface area contributed by atoms with Crippen molar-refractivity contribution < 1.29 is 17.6 Å². The van der Waals surface area contributed by atoms with Crippen LogP contribution in [0.5, 0.6) is 0 Å². The number of hydrogen-bond acceptors (Lipinski definition) is 0. The Kier molecular flexibility index (Phi) is 3.13. The summed E-state index contributed by atoms with van der Waals surface area (Å²) in [6.45, 7) is 2.99. The predicted molar refractivity (Wildman–Crippen MR) is 45.0 cm³/mol. The zero-order chi connectivity index (χ0) is 10.9. The topological polar surface area (TPSA) is 0 Å². The molecule has 0 amide bonds. The van der Waals surface area contributed by atoms with Gasteiger partial charge in [0.2, 0.25) is 0 Å². The Morgan fingerprint density at radius 3 is 1.86 bits per heavy atom. The summed E-state index contributed by atoms with van der Waals surface area (Å²) in [4.78, 5) is 0. The van der Waals surface area contributed by atoms with Crippen molar-refractivity contribution in [1.82, 2.24) is 0 Å². The minimum absolute atomic E-state index is 0.0797. The molecule has 0 saturated carbocycles. The van der Waals surface area contributed by atoms with Gasteiger partial charge < -0.3 is 0 Å². The van der Waals surface area contributed by atoms with E-state index in [1.54, 1.807) is 6.92 Å². The van der Waals surface area contributed by atoms with Crippen molar-refractivity contribution in [3.05, 3.63) is 34.4 Å². The van der Waals surface area contributed by atoms with Gasteiger partial charge in [0.25, 0.3) is 0 Å².